The maximum atomic E-state index is 13.2. The number of benzene rings is 3. The van der Waals surface area contributed by atoms with Gasteiger partial charge in [-0.2, -0.15) is 0 Å². The molecule has 0 saturated carbocycles. The smallest absolute Gasteiger partial charge is 0.261 e. The van der Waals surface area contributed by atoms with Crippen LogP contribution < -0.4 is 24.8 Å². The van der Waals surface area contributed by atoms with Crippen molar-refractivity contribution in [2.75, 3.05) is 29.8 Å². The summed E-state index contributed by atoms with van der Waals surface area (Å²) < 4.78 is 42.2. The van der Waals surface area contributed by atoms with E-state index in [0.29, 0.717) is 62.1 Å². The molecule has 3 N–H and O–H groups in total. The normalized spacial score (nSPS) is 12.5. The number of aromatic nitrogens is 2. The Bertz CT molecular complexity index is 1530. The van der Waals surface area contributed by atoms with Gasteiger partial charge in [-0.15, -0.1) is 0 Å². The summed E-state index contributed by atoms with van der Waals surface area (Å²) in [4.78, 5) is 17.0. The molecule has 0 aliphatic carbocycles. The summed E-state index contributed by atoms with van der Waals surface area (Å²) in [5.41, 5.74) is 2.07. The Morgan fingerprint density at radius 1 is 0.949 bits per heavy atom. The number of imidazole rings is 1. The highest BCUT2D eigenvalue weighted by Crippen LogP contribution is 2.31. The molecule has 0 atom stereocenters. The van der Waals surface area contributed by atoms with E-state index in [1.165, 1.54) is 12.1 Å². The topological polar surface area (TPSA) is 124 Å². The van der Waals surface area contributed by atoms with Gasteiger partial charge in [0.15, 0.2) is 11.5 Å². The zero-order valence-electron chi connectivity index (χ0n) is 21.2. The van der Waals surface area contributed by atoms with Gasteiger partial charge in [-0.25, -0.2) is 13.4 Å². The van der Waals surface area contributed by atoms with Gasteiger partial charge in [0.25, 0.3) is 15.9 Å². The summed E-state index contributed by atoms with van der Waals surface area (Å²) in [5.74, 6) is 0.997. The van der Waals surface area contributed by atoms with Crippen molar-refractivity contribution in [3.8, 4) is 11.5 Å². The molecule has 3 aromatic carbocycles. The SMILES string of the molecule is O=C(NCCCn1ccnc1)c1cc(NCc2ccc3c(c2)OCCO3)cc(S(=O)(=O)Nc2ccccc2)c1. The number of hydrogen-bond acceptors (Lipinski definition) is 7. The highest BCUT2D eigenvalue weighted by atomic mass is 32.2. The van der Waals surface area contributed by atoms with Crippen molar-refractivity contribution in [1.82, 2.24) is 14.9 Å². The Hall–Kier alpha value is -4.51. The van der Waals surface area contributed by atoms with Crippen molar-refractivity contribution in [3.05, 3.63) is 96.6 Å². The van der Waals surface area contributed by atoms with Crippen LogP contribution in [0.4, 0.5) is 11.4 Å². The van der Waals surface area contributed by atoms with Gasteiger partial charge in [-0.05, 0) is 54.4 Å². The lowest BCUT2D eigenvalue weighted by Crippen LogP contribution is -2.26. The second-order valence-electron chi connectivity index (χ2n) is 8.96. The zero-order chi connectivity index (χ0) is 27.1. The molecule has 0 radical (unpaired) electrons. The molecule has 0 unspecified atom stereocenters. The van der Waals surface area contributed by atoms with Crippen LogP contribution in [-0.4, -0.2) is 43.6 Å². The number of ether oxygens (including phenoxy) is 2. The number of fused-ring (bicyclic) bond motifs is 1. The van der Waals surface area contributed by atoms with E-state index in [0.717, 1.165) is 5.56 Å². The van der Waals surface area contributed by atoms with Crippen LogP contribution in [-0.2, 0) is 23.1 Å². The van der Waals surface area contributed by atoms with Gasteiger partial charge in [0.2, 0.25) is 0 Å². The predicted octanol–water partition coefficient (Wildman–Crippen LogP) is 3.89. The van der Waals surface area contributed by atoms with Crippen LogP contribution in [0.1, 0.15) is 22.3 Å². The van der Waals surface area contributed by atoms with Gasteiger partial charge in [-0.1, -0.05) is 24.3 Å². The largest absolute Gasteiger partial charge is 0.486 e. The minimum Gasteiger partial charge on any atom is -0.486 e. The highest BCUT2D eigenvalue weighted by molar-refractivity contribution is 7.92. The molecule has 1 aliphatic rings. The fourth-order valence-corrected chi connectivity index (χ4v) is 5.22. The van der Waals surface area contributed by atoms with Crippen molar-refractivity contribution >= 4 is 27.3 Å². The maximum Gasteiger partial charge on any atom is 0.261 e. The Morgan fingerprint density at radius 2 is 1.77 bits per heavy atom. The first-order valence-corrected chi connectivity index (χ1v) is 14.0. The predicted molar refractivity (Wildman–Crippen MR) is 148 cm³/mol. The third-order valence-corrected chi connectivity index (χ3v) is 7.41. The molecule has 2 heterocycles. The first-order valence-electron chi connectivity index (χ1n) is 12.6. The van der Waals surface area contributed by atoms with Crippen molar-refractivity contribution in [1.29, 1.82) is 0 Å². The van der Waals surface area contributed by atoms with Gasteiger partial charge in [0.1, 0.15) is 13.2 Å². The fraction of sp³-hybridized carbons (Fsp3) is 0.214. The van der Waals surface area contributed by atoms with Gasteiger partial charge in [0.05, 0.1) is 11.2 Å². The highest BCUT2D eigenvalue weighted by Gasteiger charge is 2.19. The average Bonchev–Trinajstić information content (AvgIpc) is 3.48. The number of nitrogens with one attached hydrogen (secondary N) is 3. The maximum absolute atomic E-state index is 13.2. The van der Waals surface area contributed by atoms with E-state index in [4.69, 9.17) is 9.47 Å². The molecule has 39 heavy (non-hydrogen) atoms. The summed E-state index contributed by atoms with van der Waals surface area (Å²) in [5, 5.41) is 6.13. The number of carbonyl (C=O) groups is 1. The molecule has 11 heteroatoms. The third kappa shape index (κ3) is 6.88. The lowest BCUT2D eigenvalue weighted by molar-refractivity contribution is 0.0952. The number of para-hydroxylation sites is 1. The molecule has 1 aliphatic heterocycles. The third-order valence-electron chi connectivity index (χ3n) is 6.05. The summed E-state index contributed by atoms with van der Waals surface area (Å²) in [7, 11) is -3.96. The Kier molecular flexibility index (Phi) is 7.97. The van der Waals surface area contributed by atoms with E-state index >= 15 is 0 Å². The van der Waals surface area contributed by atoms with Gasteiger partial charge in [-0.3, -0.25) is 9.52 Å². The molecule has 0 spiro atoms. The number of anilines is 2. The molecule has 0 bridgehead atoms. The second kappa shape index (κ2) is 11.9. The van der Waals surface area contributed by atoms with E-state index in [9.17, 15) is 13.2 Å². The molecule has 0 saturated heterocycles. The van der Waals surface area contributed by atoms with Crippen LogP contribution in [0.25, 0.3) is 0 Å². The van der Waals surface area contributed by atoms with Crippen molar-refractivity contribution < 1.29 is 22.7 Å². The standard InChI is InChI=1S/C28H29N5O5S/c34-28(30-9-4-11-33-12-10-29-20-33)22-16-24(31-19-21-7-8-26-27(15-21)38-14-13-37-26)18-25(17-22)39(35,36)32-23-5-2-1-3-6-23/h1-3,5-8,10,12,15-18,20,31-32H,4,9,11,13-14,19H2,(H,30,34). The number of hydrogen-bond donors (Lipinski definition) is 3. The van der Waals surface area contributed by atoms with Gasteiger partial charge in [0, 0.05) is 49.0 Å². The van der Waals surface area contributed by atoms with Crippen LogP contribution in [0, 0.1) is 0 Å². The fourth-order valence-electron chi connectivity index (χ4n) is 4.09. The molecule has 1 aromatic heterocycles. The van der Waals surface area contributed by atoms with Crippen LogP contribution in [0.3, 0.4) is 0 Å². The zero-order valence-corrected chi connectivity index (χ0v) is 22.0. The van der Waals surface area contributed by atoms with Crippen LogP contribution in [0.15, 0.2) is 90.3 Å². The summed E-state index contributed by atoms with van der Waals surface area (Å²) >= 11 is 0. The van der Waals surface area contributed by atoms with Crippen LogP contribution >= 0.6 is 0 Å². The minimum atomic E-state index is -3.96. The first-order chi connectivity index (χ1) is 19.0. The van der Waals surface area contributed by atoms with Crippen molar-refractivity contribution in [2.24, 2.45) is 0 Å². The number of nitrogens with zero attached hydrogens (tertiary/aromatic N) is 2. The van der Waals surface area contributed by atoms with Crippen molar-refractivity contribution in [2.45, 2.75) is 24.4 Å². The van der Waals surface area contributed by atoms with Crippen LogP contribution in [0.5, 0.6) is 11.5 Å². The van der Waals surface area contributed by atoms with Gasteiger partial charge < -0.3 is 24.7 Å². The number of aryl methyl sites for hydroxylation is 1. The number of rotatable bonds is 11. The van der Waals surface area contributed by atoms with E-state index in [1.807, 2.05) is 29.0 Å². The monoisotopic (exact) mass is 547 g/mol. The molecule has 0 fully saturated rings. The minimum absolute atomic E-state index is 0.0258. The van der Waals surface area contributed by atoms with E-state index in [2.05, 4.69) is 20.3 Å². The average molecular weight is 548 g/mol. The molecule has 5 rings (SSSR count). The van der Waals surface area contributed by atoms with Gasteiger partial charge >= 0.3 is 0 Å². The summed E-state index contributed by atoms with van der Waals surface area (Å²) in [6, 6.07) is 18.8. The lowest BCUT2D eigenvalue weighted by atomic mass is 10.1. The molecular weight excluding hydrogens is 518 g/mol. The van der Waals surface area contributed by atoms with E-state index < -0.39 is 10.0 Å². The van der Waals surface area contributed by atoms with E-state index in [-0.39, 0.29) is 16.4 Å². The quantitative estimate of drug-likeness (QED) is 0.244. The molecule has 1 amide bonds. The molecule has 10 nitrogen and oxygen atoms in total. The number of carbonyl (C=O) groups excluding carboxylic acids is 1. The van der Waals surface area contributed by atoms with E-state index in [1.54, 1.807) is 48.9 Å². The Morgan fingerprint density at radius 3 is 2.56 bits per heavy atom. The Labute approximate surface area is 227 Å². The number of amides is 1. The molecule has 202 valence electrons. The summed E-state index contributed by atoms with van der Waals surface area (Å²) in [6.45, 7) is 2.52. The molecular formula is C28H29N5O5S. The van der Waals surface area contributed by atoms with Crippen LogP contribution in [0.2, 0.25) is 0 Å². The van der Waals surface area contributed by atoms with Crippen molar-refractivity contribution in [3.63, 3.8) is 0 Å². The molecule has 4 aromatic rings. The first kappa shape index (κ1) is 26.1. The lowest BCUT2D eigenvalue weighted by Gasteiger charge is -2.19. The second-order valence-corrected chi connectivity index (χ2v) is 10.6. The number of sulfonamides is 1. The summed E-state index contributed by atoms with van der Waals surface area (Å²) in [6.07, 6.45) is 5.98. The Balaban J connectivity index is 1.34.